The summed E-state index contributed by atoms with van der Waals surface area (Å²) < 4.78 is -0.488. The van der Waals surface area contributed by atoms with E-state index in [2.05, 4.69) is 5.32 Å². The SMILES string of the molecule is CC1(C)Sc2cc(CCC(=O)O)ccc2NC1=O. The number of hydrogen-bond acceptors (Lipinski definition) is 3. The molecule has 0 radical (unpaired) electrons. The van der Waals surface area contributed by atoms with Crippen molar-refractivity contribution in [1.82, 2.24) is 0 Å². The Morgan fingerprint density at radius 3 is 2.83 bits per heavy atom. The Balaban J connectivity index is 2.22. The highest BCUT2D eigenvalue weighted by atomic mass is 32.2. The molecule has 2 rings (SSSR count). The molecule has 96 valence electrons. The van der Waals surface area contributed by atoms with Gasteiger partial charge in [0.15, 0.2) is 0 Å². The fourth-order valence-electron chi connectivity index (χ4n) is 1.76. The van der Waals surface area contributed by atoms with Crippen LogP contribution in [0, 0.1) is 0 Å². The summed E-state index contributed by atoms with van der Waals surface area (Å²) in [7, 11) is 0. The average molecular weight is 265 g/mol. The zero-order valence-electron chi connectivity index (χ0n) is 10.3. The fourth-order valence-corrected chi connectivity index (χ4v) is 2.89. The van der Waals surface area contributed by atoms with Gasteiger partial charge >= 0.3 is 5.97 Å². The Labute approximate surface area is 110 Å². The van der Waals surface area contributed by atoms with Crippen molar-refractivity contribution >= 4 is 29.3 Å². The fraction of sp³-hybridized carbons (Fsp3) is 0.385. The number of carbonyl (C=O) groups is 2. The highest BCUT2D eigenvalue weighted by Crippen LogP contribution is 2.42. The first-order chi connectivity index (χ1) is 8.38. The van der Waals surface area contributed by atoms with Gasteiger partial charge in [0.05, 0.1) is 10.4 Å². The van der Waals surface area contributed by atoms with Crippen LogP contribution in [0.4, 0.5) is 5.69 Å². The first-order valence-corrected chi connectivity index (χ1v) is 6.55. The summed E-state index contributed by atoms with van der Waals surface area (Å²) in [4.78, 5) is 23.3. The first kappa shape index (κ1) is 13.0. The Morgan fingerprint density at radius 2 is 2.17 bits per heavy atom. The van der Waals surface area contributed by atoms with Gasteiger partial charge in [0, 0.05) is 11.3 Å². The molecule has 1 aliphatic rings. The minimum Gasteiger partial charge on any atom is -0.481 e. The van der Waals surface area contributed by atoms with E-state index in [-0.39, 0.29) is 12.3 Å². The quantitative estimate of drug-likeness (QED) is 0.881. The number of carboxylic acids is 1. The lowest BCUT2D eigenvalue weighted by atomic mass is 10.1. The monoisotopic (exact) mass is 265 g/mol. The second-order valence-electron chi connectivity index (χ2n) is 4.79. The van der Waals surface area contributed by atoms with Crippen LogP contribution < -0.4 is 5.32 Å². The first-order valence-electron chi connectivity index (χ1n) is 5.74. The predicted molar refractivity (Wildman–Crippen MR) is 71.0 cm³/mol. The summed E-state index contributed by atoms with van der Waals surface area (Å²) in [5.41, 5.74) is 1.79. The van der Waals surface area contributed by atoms with Gasteiger partial charge in [-0.1, -0.05) is 6.07 Å². The van der Waals surface area contributed by atoms with E-state index in [0.717, 1.165) is 16.1 Å². The van der Waals surface area contributed by atoms with E-state index in [1.54, 1.807) is 0 Å². The number of carbonyl (C=O) groups excluding carboxylic acids is 1. The normalized spacial score (nSPS) is 16.9. The van der Waals surface area contributed by atoms with Gasteiger partial charge in [-0.3, -0.25) is 9.59 Å². The molecular formula is C13H15NO3S. The highest BCUT2D eigenvalue weighted by molar-refractivity contribution is 8.01. The van der Waals surface area contributed by atoms with Crippen molar-refractivity contribution in [2.75, 3.05) is 5.32 Å². The molecule has 0 spiro atoms. The zero-order chi connectivity index (χ0) is 13.3. The van der Waals surface area contributed by atoms with Crippen LogP contribution in [0.15, 0.2) is 23.1 Å². The molecule has 0 bridgehead atoms. The minimum atomic E-state index is -0.797. The van der Waals surface area contributed by atoms with Crippen LogP contribution in [0.5, 0.6) is 0 Å². The molecule has 1 aliphatic heterocycles. The molecule has 0 atom stereocenters. The van der Waals surface area contributed by atoms with Crippen LogP contribution in [0.1, 0.15) is 25.8 Å². The summed E-state index contributed by atoms with van der Waals surface area (Å²) in [6.45, 7) is 3.75. The smallest absolute Gasteiger partial charge is 0.303 e. The number of rotatable bonds is 3. The molecule has 5 heteroatoms. The molecule has 0 aromatic heterocycles. The van der Waals surface area contributed by atoms with E-state index in [4.69, 9.17) is 5.11 Å². The van der Waals surface area contributed by atoms with Crippen molar-refractivity contribution in [2.45, 2.75) is 36.3 Å². The van der Waals surface area contributed by atoms with Crippen LogP contribution in [-0.2, 0) is 16.0 Å². The summed E-state index contributed by atoms with van der Waals surface area (Å²) >= 11 is 1.51. The lowest BCUT2D eigenvalue weighted by Crippen LogP contribution is -2.37. The summed E-state index contributed by atoms with van der Waals surface area (Å²) in [6, 6.07) is 5.66. The van der Waals surface area contributed by atoms with Crippen molar-refractivity contribution < 1.29 is 14.7 Å². The number of benzene rings is 1. The molecule has 0 saturated heterocycles. The zero-order valence-corrected chi connectivity index (χ0v) is 11.1. The predicted octanol–water partition coefficient (Wildman–Crippen LogP) is 2.53. The molecular weight excluding hydrogens is 250 g/mol. The Hall–Kier alpha value is -1.49. The van der Waals surface area contributed by atoms with Crippen LogP contribution in [0.3, 0.4) is 0 Å². The molecule has 0 saturated carbocycles. The molecule has 1 amide bonds. The lowest BCUT2D eigenvalue weighted by Gasteiger charge is -2.30. The van der Waals surface area contributed by atoms with Crippen molar-refractivity contribution in [1.29, 1.82) is 0 Å². The van der Waals surface area contributed by atoms with Crippen LogP contribution in [0.25, 0.3) is 0 Å². The van der Waals surface area contributed by atoms with E-state index in [0.29, 0.717) is 6.42 Å². The van der Waals surface area contributed by atoms with E-state index in [1.165, 1.54) is 11.8 Å². The molecule has 1 heterocycles. The molecule has 0 unspecified atom stereocenters. The molecule has 1 aromatic carbocycles. The van der Waals surface area contributed by atoms with Gasteiger partial charge in [0.1, 0.15) is 0 Å². The Bertz CT molecular complexity index is 511. The van der Waals surface area contributed by atoms with Gasteiger partial charge in [0.2, 0.25) is 5.91 Å². The van der Waals surface area contributed by atoms with E-state index >= 15 is 0 Å². The highest BCUT2D eigenvalue weighted by Gasteiger charge is 2.34. The number of carboxylic acid groups (broad SMARTS) is 1. The van der Waals surface area contributed by atoms with Crippen LogP contribution in [0.2, 0.25) is 0 Å². The maximum Gasteiger partial charge on any atom is 0.303 e. The maximum absolute atomic E-state index is 11.8. The van der Waals surface area contributed by atoms with E-state index in [1.807, 2.05) is 32.0 Å². The number of aryl methyl sites for hydroxylation is 1. The number of nitrogens with one attached hydrogen (secondary N) is 1. The molecule has 0 fully saturated rings. The number of fused-ring (bicyclic) bond motifs is 1. The third-order valence-electron chi connectivity index (χ3n) is 2.83. The third-order valence-corrected chi connectivity index (χ3v) is 4.09. The van der Waals surface area contributed by atoms with Gasteiger partial charge in [-0.2, -0.15) is 0 Å². The standard InChI is InChI=1S/C13H15NO3S/c1-13(2)12(17)14-9-5-3-8(4-6-11(15)16)7-10(9)18-13/h3,5,7H,4,6H2,1-2H3,(H,14,17)(H,15,16). The average Bonchev–Trinajstić information content (AvgIpc) is 2.27. The number of anilines is 1. The summed E-state index contributed by atoms with van der Waals surface area (Å²) in [6.07, 6.45) is 0.636. The molecule has 4 nitrogen and oxygen atoms in total. The van der Waals surface area contributed by atoms with Crippen molar-refractivity contribution in [3.05, 3.63) is 23.8 Å². The van der Waals surface area contributed by atoms with Gasteiger partial charge in [-0.05, 0) is 38.0 Å². The van der Waals surface area contributed by atoms with E-state index in [9.17, 15) is 9.59 Å². The van der Waals surface area contributed by atoms with Gasteiger partial charge in [0.25, 0.3) is 0 Å². The lowest BCUT2D eigenvalue weighted by molar-refractivity contribution is -0.137. The van der Waals surface area contributed by atoms with Crippen molar-refractivity contribution in [3.8, 4) is 0 Å². The van der Waals surface area contributed by atoms with Crippen molar-refractivity contribution in [3.63, 3.8) is 0 Å². The van der Waals surface area contributed by atoms with Gasteiger partial charge < -0.3 is 10.4 Å². The maximum atomic E-state index is 11.8. The molecule has 0 aliphatic carbocycles. The number of amides is 1. The summed E-state index contributed by atoms with van der Waals surface area (Å²) in [5.74, 6) is -0.799. The largest absolute Gasteiger partial charge is 0.481 e. The number of hydrogen-bond donors (Lipinski definition) is 2. The number of aliphatic carboxylic acids is 1. The van der Waals surface area contributed by atoms with Gasteiger partial charge in [-0.25, -0.2) is 0 Å². The topological polar surface area (TPSA) is 66.4 Å². The Morgan fingerprint density at radius 1 is 1.44 bits per heavy atom. The summed E-state index contributed by atoms with van der Waals surface area (Å²) in [5, 5.41) is 11.5. The van der Waals surface area contributed by atoms with Gasteiger partial charge in [-0.15, -0.1) is 11.8 Å². The second-order valence-corrected chi connectivity index (χ2v) is 6.46. The van der Waals surface area contributed by atoms with E-state index < -0.39 is 10.7 Å². The van der Waals surface area contributed by atoms with Crippen LogP contribution >= 0.6 is 11.8 Å². The number of thioether (sulfide) groups is 1. The van der Waals surface area contributed by atoms with Crippen molar-refractivity contribution in [2.24, 2.45) is 0 Å². The minimum absolute atomic E-state index is 0.00159. The third kappa shape index (κ3) is 2.67. The van der Waals surface area contributed by atoms with Crippen LogP contribution in [-0.4, -0.2) is 21.7 Å². The molecule has 18 heavy (non-hydrogen) atoms. The molecule has 2 N–H and O–H groups in total. The Kier molecular flexibility index (Phi) is 3.34. The molecule has 1 aromatic rings. The second kappa shape index (κ2) is 4.65.